The predicted molar refractivity (Wildman–Crippen MR) is 75.9 cm³/mol. The number of aromatic nitrogens is 2. The summed E-state index contributed by atoms with van der Waals surface area (Å²) in [6.45, 7) is 1.42. The van der Waals surface area contributed by atoms with Crippen molar-refractivity contribution < 1.29 is 28.0 Å². The molecule has 0 saturated carbocycles. The molecule has 3 unspecified atom stereocenters. The van der Waals surface area contributed by atoms with E-state index in [9.17, 15) is 14.5 Å². The van der Waals surface area contributed by atoms with Crippen LogP contribution in [0.3, 0.4) is 0 Å². The van der Waals surface area contributed by atoms with Gasteiger partial charge in [0.15, 0.2) is 11.0 Å². The minimum absolute atomic E-state index is 0.0564. The molecule has 2 saturated heterocycles. The van der Waals surface area contributed by atoms with Gasteiger partial charge >= 0.3 is 7.82 Å². The minimum Gasteiger partial charge on any atom is -0.383 e. The molecule has 2 N–H and O–H groups in total. The lowest BCUT2D eigenvalue weighted by atomic mass is 9.96. The molecule has 0 amide bonds. The second-order valence-corrected chi connectivity index (χ2v) is 7.34. The van der Waals surface area contributed by atoms with Crippen LogP contribution >= 0.6 is 20.0 Å². The summed E-state index contributed by atoms with van der Waals surface area (Å²) in [4.78, 5) is 13.7. The first kappa shape index (κ1) is 16.0. The van der Waals surface area contributed by atoms with Crippen LogP contribution in [0.1, 0.15) is 13.2 Å². The van der Waals surface area contributed by atoms with Gasteiger partial charge in [0.25, 0.3) is 5.56 Å². The number of hydrogen-bond donors (Lipinski definition) is 2. The molecule has 0 spiro atoms. The predicted octanol–water partition coefficient (Wildman–Crippen LogP) is 0.724. The van der Waals surface area contributed by atoms with Crippen LogP contribution in [0.2, 0.25) is 0 Å². The lowest BCUT2D eigenvalue weighted by Gasteiger charge is -2.34. The number of rotatable bonds is 2. The molecule has 0 aromatic carbocycles. The van der Waals surface area contributed by atoms with Crippen LogP contribution in [0.15, 0.2) is 17.1 Å². The summed E-state index contributed by atoms with van der Waals surface area (Å²) in [5.74, 6) is 0. The second kappa shape index (κ2) is 5.34. The summed E-state index contributed by atoms with van der Waals surface area (Å²) in [5, 5.41) is 10.8. The van der Waals surface area contributed by atoms with Gasteiger partial charge in [0.1, 0.15) is 17.8 Å². The molecule has 3 rings (SSSR count). The first-order valence-electron chi connectivity index (χ1n) is 6.45. The summed E-state index contributed by atoms with van der Waals surface area (Å²) in [6.07, 6.45) is -1.09. The number of aromatic amines is 1. The zero-order valence-corrected chi connectivity index (χ0v) is 13.5. The normalized spacial score (nSPS) is 41.3. The van der Waals surface area contributed by atoms with E-state index in [1.807, 2.05) is 0 Å². The molecule has 1 aromatic rings. The van der Waals surface area contributed by atoms with Crippen LogP contribution in [-0.2, 0) is 22.9 Å². The highest BCUT2D eigenvalue weighted by atomic mass is 32.1. The largest absolute Gasteiger partial charge is 0.475 e. The van der Waals surface area contributed by atoms with Crippen LogP contribution in [0.4, 0.5) is 0 Å². The van der Waals surface area contributed by atoms with E-state index in [1.54, 1.807) is 0 Å². The fourth-order valence-electron chi connectivity index (χ4n) is 2.58. The number of H-pyrrole nitrogens is 1. The third kappa shape index (κ3) is 2.50. The Morgan fingerprint density at radius 2 is 2.36 bits per heavy atom. The van der Waals surface area contributed by atoms with Crippen LogP contribution in [-0.4, -0.2) is 46.2 Å². The summed E-state index contributed by atoms with van der Waals surface area (Å²) in [7, 11) is -2.52. The fourth-order valence-corrected chi connectivity index (χ4v) is 4.05. The van der Waals surface area contributed by atoms with E-state index < -0.39 is 31.9 Å². The maximum atomic E-state index is 12.1. The third-order valence-corrected chi connectivity index (χ3v) is 5.40. The summed E-state index contributed by atoms with van der Waals surface area (Å²) in [5.41, 5.74) is -1.92. The Morgan fingerprint density at radius 1 is 1.64 bits per heavy atom. The molecule has 2 aliphatic heterocycles. The molecule has 0 aliphatic carbocycles. The van der Waals surface area contributed by atoms with Crippen molar-refractivity contribution in [3.05, 3.63) is 27.4 Å². The molecule has 122 valence electrons. The molecule has 11 heteroatoms. The van der Waals surface area contributed by atoms with Gasteiger partial charge in [-0.15, -0.1) is 0 Å². The highest BCUT2D eigenvalue weighted by molar-refractivity contribution is 7.71. The number of phosphoric ester groups is 1. The standard InChI is InChI=1S/C11H15N2O7PS/c1-11(15)8-6(5-18-21(16,17-2)20-8)19-9(11)13-4-3-7(14)12-10(13)22/h3-4,6,8-9,15H,5H2,1-2H3,(H,12,14,22)/t6-,8?,9-,11?,21?/m1/s1. The van der Waals surface area contributed by atoms with E-state index in [0.717, 1.165) is 0 Å². The maximum absolute atomic E-state index is 12.1. The number of nitrogens with one attached hydrogen (secondary N) is 1. The van der Waals surface area contributed by atoms with Crippen molar-refractivity contribution in [3.63, 3.8) is 0 Å². The van der Waals surface area contributed by atoms with Crippen molar-refractivity contribution in [1.82, 2.24) is 9.55 Å². The quantitative estimate of drug-likeness (QED) is 0.593. The van der Waals surface area contributed by atoms with E-state index in [1.165, 1.54) is 30.9 Å². The minimum atomic E-state index is -3.72. The number of hydrogen-bond acceptors (Lipinski definition) is 8. The van der Waals surface area contributed by atoms with Gasteiger partial charge in [0, 0.05) is 19.4 Å². The molecular weight excluding hydrogens is 335 g/mol. The Balaban J connectivity index is 1.98. The topological polar surface area (TPSA) is 112 Å². The second-order valence-electron chi connectivity index (χ2n) is 5.22. The summed E-state index contributed by atoms with van der Waals surface area (Å²) < 4.78 is 34.4. The molecule has 0 radical (unpaired) electrons. The van der Waals surface area contributed by atoms with E-state index >= 15 is 0 Å². The van der Waals surface area contributed by atoms with Gasteiger partial charge in [0.2, 0.25) is 0 Å². The van der Waals surface area contributed by atoms with Crippen molar-refractivity contribution >= 4 is 20.0 Å². The van der Waals surface area contributed by atoms with E-state index in [4.69, 9.17) is 30.5 Å². The van der Waals surface area contributed by atoms with Crippen LogP contribution in [0.25, 0.3) is 0 Å². The first-order valence-corrected chi connectivity index (χ1v) is 8.32. The Kier molecular flexibility index (Phi) is 3.89. The molecule has 2 aliphatic rings. The van der Waals surface area contributed by atoms with E-state index in [-0.39, 0.29) is 16.9 Å². The number of nitrogens with zero attached hydrogens (tertiary/aromatic N) is 1. The molecule has 3 heterocycles. The number of aliphatic hydroxyl groups is 1. The van der Waals surface area contributed by atoms with Gasteiger partial charge in [-0.1, -0.05) is 0 Å². The van der Waals surface area contributed by atoms with Crippen molar-refractivity contribution in [1.29, 1.82) is 0 Å². The van der Waals surface area contributed by atoms with E-state index in [2.05, 4.69) is 4.98 Å². The smallest absolute Gasteiger partial charge is 0.383 e. The van der Waals surface area contributed by atoms with Gasteiger partial charge in [-0.2, -0.15) is 0 Å². The van der Waals surface area contributed by atoms with Crippen LogP contribution in [0.5, 0.6) is 0 Å². The lowest BCUT2D eigenvalue weighted by Crippen LogP contribution is -2.47. The molecule has 5 atom stereocenters. The number of fused-ring (bicyclic) bond motifs is 1. The highest BCUT2D eigenvalue weighted by Crippen LogP contribution is 2.58. The average Bonchev–Trinajstić information content (AvgIpc) is 2.71. The van der Waals surface area contributed by atoms with Crippen molar-refractivity contribution in [2.75, 3.05) is 13.7 Å². The fraction of sp³-hybridized carbons (Fsp3) is 0.636. The Labute approximate surface area is 130 Å². The zero-order valence-electron chi connectivity index (χ0n) is 11.8. The molecule has 9 nitrogen and oxygen atoms in total. The average molecular weight is 350 g/mol. The molecule has 1 aromatic heterocycles. The van der Waals surface area contributed by atoms with Crippen LogP contribution in [0, 0.1) is 4.77 Å². The molecular formula is C11H15N2O7PS. The Morgan fingerprint density at radius 3 is 3.00 bits per heavy atom. The Hall–Kier alpha value is -0.870. The zero-order chi connectivity index (χ0) is 16.1. The number of phosphoric acid groups is 1. The maximum Gasteiger partial charge on any atom is 0.475 e. The first-order chi connectivity index (χ1) is 10.3. The van der Waals surface area contributed by atoms with Gasteiger partial charge in [-0.3, -0.25) is 27.9 Å². The monoisotopic (exact) mass is 350 g/mol. The Bertz CT molecular complexity index is 744. The van der Waals surface area contributed by atoms with Crippen molar-refractivity contribution in [2.24, 2.45) is 0 Å². The third-order valence-electron chi connectivity index (χ3n) is 3.68. The van der Waals surface area contributed by atoms with Gasteiger partial charge in [-0.25, -0.2) is 4.57 Å². The number of ether oxygens (including phenoxy) is 1. The van der Waals surface area contributed by atoms with Crippen LogP contribution < -0.4 is 5.56 Å². The molecule has 0 bridgehead atoms. The molecule has 22 heavy (non-hydrogen) atoms. The molecule has 2 fully saturated rings. The van der Waals surface area contributed by atoms with Crippen molar-refractivity contribution in [2.45, 2.75) is 31.0 Å². The van der Waals surface area contributed by atoms with Crippen molar-refractivity contribution in [3.8, 4) is 0 Å². The summed E-state index contributed by atoms with van der Waals surface area (Å²) in [6, 6.07) is 1.26. The highest BCUT2D eigenvalue weighted by Gasteiger charge is 2.59. The van der Waals surface area contributed by atoms with E-state index in [0.29, 0.717) is 0 Å². The van der Waals surface area contributed by atoms with Gasteiger partial charge in [0.05, 0.1) is 6.61 Å². The SMILES string of the molecule is COP1(=O)OC[C@H]2O[C@@H](n3ccc(=O)[nH]c3=S)C(C)(O)C2O1. The lowest BCUT2D eigenvalue weighted by molar-refractivity contribution is -0.0930. The summed E-state index contributed by atoms with van der Waals surface area (Å²) >= 11 is 5.08. The van der Waals surface area contributed by atoms with Gasteiger partial charge in [-0.05, 0) is 19.1 Å². The van der Waals surface area contributed by atoms with Gasteiger partial charge < -0.3 is 9.84 Å².